The highest BCUT2D eigenvalue weighted by Crippen LogP contribution is 2.30. The molecule has 2 aromatic rings. The Morgan fingerprint density at radius 1 is 1.35 bits per heavy atom. The van der Waals surface area contributed by atoms with E-state index in [-0.39, 0.29) is 24.7 Å². The van der Waals surface area contributed by atoms with Gasteiger partial charge in [-0.1, -0.05) is 12.1 Å². The second kappa shape index (κ2) is 9.10. The Labute approximate surface area is 195 Å². The van der Waals surface area contributed by atoms with Gasteiger partial charge in [-0.15, -0.1) is 5.10 Å². The van der Waals surface area contributed by atoms with Gasteiger partial charge in [0, 0.05) is 19.7 Å². The lowest BCUT2D eigenvalue weighted by atomic mass is 9.91. The molecule has 14 heteroatoms. The minimum atomic E-state index is -3.24. The molecule has 0 aliphatic carbocycles. The molecule has 0 unspecified atom stereocenters. The first-order valence-electron chi connectivity index (χ1n) is 10.6. The van der Waals surface area contributed by atoms with E-state index in [2.05, 4.69) is 20.8 Å². The van der Waals surface area contributed by atoms with E-state index in [0.717, 1.165) is 4.90 Å². The molecular weight excluding hydrogens is 466 g/mol. The monoisotopic (exact) mass is 491 g/mol. The fourth-order valence-electron chi connectivity index (χ4n) is 4.22. The van der Waals surface area contributed by atoms with Crippen LogP contribution in [-0.4, -0.2) is 101 Å². The van der Waals surface area contributed by atoms with Crippen LogP contribution < -0.4 is 5.32 Å². The van der Waals surface area contributed by atoms with E-state index in [1.54, 1.807) is 31.2 Å². The summed E-state index contributed by atoms with van der Waals surface area (Å²) in [6.45, 7) is 1.41. The van der Waals surface area contributed by atoms with Gasteiger partial charge in [-0.2, -0.15) is 0 Å². The maximum atomic E-state index is 13.3. The van der Waals surface area contributed by atoms with Gasteiger partial charge < -0.3 is 15.0 Å². The molecule has 0 spiro atoms. The predicted octanol–water partition coefficient (Wildman–Crippen LogP) is -0.909. The van der Waals surface area contributed by atoms with E-state index < -0.39 is 45.8 Å². The van der Waals surface area contributed by atoms with Crippen LogP contribution in [0.3, 0.4) is 0 Å². The van der Waals surface area contributed by atoms with Crippen LogP contribution in [-0.2, 0) is 29.7 Å². The minimum absolute atomic E-state index is 0.00668. The van der Waals surface area contributed by atoms with Gasteiger partial charge in [-0.05, 0) is 41.5 Å². The molecule has 0 bridgehead atoms. The molecule has 2 aliphatic rings. The molecule has 2 saturated heterocycles. The molecule has 1 aromatic heterocycles. The summed E-state index contributed by atoms with van der Waals surface area (Å²) >= 11 is 0. The van der Waals surface area contributed by atoms with E-state index in [4.69, 9.17) is 4.74 Å². The van der Waals surface area contributed by atoms with Crippen molar-refractivity contribution in [3.8, 4) is 5.69 Å². The summed E-state index contributed by atoms with van der Waals surface area (Å²) < 4.78 is 30.3. The van der Waals surface area contributed by atoms with Crippen molar-refractivity contribution in [2.24, 2.45) is 0 Å². The number of rotatable bonds is 8. The van der Waals surface area contributed by atoms with Crippen molar-refractivity contribution < 1.29 is 27.5 Å². The third kappa shape index (κ3) is 4.50. The van der Waals surface area contributed by atoms with Gasteiger partial charge in [-0.3, -0.25) is 14.5 Å². The summed E-state index contributed by atoms with van der Waals surface area (Å²) in [6, 6.07) is 5.58. The lowest BCUT2D eigenvalue weighted by Crippen LogP contribution is -2.49. The molecule has 4 amide bonds. The van der Waals surface area contributed by atoms with Crippen LogP contribution in [0.15, 0.2) is 30.6 Å². The van der Waals surface area contributed by atoms with Gasteiger partial charge in [0.15, 0.2) is 9.84 Å². The largest absolute Gasteiger partial charge is 0.383 e. The molecule has 4 rings (SSSR count). The Morgan fingerprint density at radius 3 is 2.79 bits per heavy atom. The number of benzene rings is 1. The summed E-state index contributed by atoms with van der Waals surface area (Å²) in [4.78, 5) is 41.5. The molecule has 1 aromatic carbocycles. The standard InChI is InChI=1S/C20H25N7O6S/c1-20(14-4-3-5-15(10-14)27-13-21-23-24-27)18(29)26(19(30)22-20)11-17(28)25(7-8-33-2)16-6-9-34(31,32)12-16/h3-5,10,13,16H,6-9,11-12H2,1-2H3,(H,22,30)/t16-,20+/m0/s1. The van der Waals surface area contributed by atoms with Gasteiger partial charge in [0.1, 0.15) is 18.4 Å². The summed E-state index contributed by atoms with van der Waals surface area (Å²) in [6.07, 6.45) is 1.71. The van der Waals surface area contributed by atoms with Crippen molar-refractivity contribution in [1.29, 1.82) is 0 Å². The van der Waals surface area contributed by atoms with Gasteiger partial charge >= 0.3 is 6.03 Å². The van der Waals surface area contributed by atoms with Crippen molar-refractivity contribution >= 4 is 27.7 Å². The summed E-state index contributed by atoms with van der Waals surface area (Å²) in [5.74, 6) is -1.27. The number of carbonyl (C=O) groups excluding carboxylic acids is 3. The van der Waals surface area contributed by atoms with Crippen LogP contribution in [0, 0.1) is 0 Å². The number of tetrazole rings is 1. The lowest BCUT2D eigenvalue weighted by molar-refractivity contribution is -0.140. The highest BCUT2D eigenvalue weighted by Gasteiger charge is 2.50. The van der Waals surface area contributed by atoms with Crippen LogP contribution in [0.4, 0.5) is 4.79 Å². The van der Waals surface area contributed by atoms with E-state index in [0.29, 0.717) is 17.7 Å². The predicted molar refractivity (Wildman–Crippen MR) is 117 cm³/mol. The van der Waals surface area contributed by atoms with Crippen LogP contribution in [0.5, 0.6) is 0 Å². The zero-order chi connectivity index (χ0) is 24.5. The minimum Gasteiger partial charge on any atom is -0.383 e. The van der Waals surface area contributed by atoms with E-state index >= 15 is 0 Å². The number of hydrogen-bond acceptors (Lipinski definition) is 9. The smallest absolute Gasteiger partial charge is 0.325 e. The van der Waals surface area contributed by atoms with Crippen LogP contribution >= 0.6 is 0 Å². The molecule has 13 nitrogen and oxygen atoms in total. The normalized spacial score (nSPS) is 23.8. The van der Waals surface area contributed by atoms with E-state index in [9.17, 15) is 22.8 Å². The maximum absolute atomic E-state index is 13.3. The fraction of sp³-hybridized carbons (Fsp3) is 0.500. The summed E-state index contributed by atoms with van der Waals surface area (Å²) in [7, 11) is -1.76. The molecular formula is C20H25N7O6S. The maximum Gasteiger partial charge on any atom is 0.325 e. The highest BCUT2D eigenvalue weighted by molar-refractivity contribution is 7.91. The number of methoxy groups -OCH3 is 1. The van der Waals surface area contributed by atoms with Crippen molar-refractivity contribution in [2.75, 3.05) is 38.3 Å². The number of amides is 4. The molecule has 2 aliphatic heterocycles. The first-order chi connectivity index (χ1) is 16.1. The molecule has 182 valence electrons. The van der Waals surface area contributed by atoms with E-state index in [1.807, 2.05) is 0 Å². The second-order valence-electron chi connectivity index (χ2n) is 8.39. The molecule has 2 fully saturated rings. The number of nitrogens with zero attached hydrogens (tertiary/aromatic N) is 6. The van der Waals surface area contributed by atoms with Gasteiger partial charge in [0.2, 0.25) is 5.91 Å². The van der Waals surface area contributed by atoms with Crippen molar-refractivity contribution in [3.63, 3.8) is 0 Å². The average Bonchev–Trinajstić information content (AvgIpc) is 3.51. The van der Waals surface area contributed by atoms with Crippen molar-refractivity contribution in [2.45, 2.75) is 24.9 Å². The third-order valence-corrected chi connectivity index (χ3v) is 7.86. The van der Waals surface area contributed by atoms with E-state index in [1.165, 1.54) is 23.0 Å². The number of nitrogens with one attached hydrogen (secondary N) is 1. The average molecular weight is 492 g/mol. The van der Waals surface area contributed by atoms with Crippen molar-refractivity contribution in [1.82, 2.24) is 35.3 Å². The number of hydrogen-bond donors (Lipinski definition) is 1. The Morgan fingerprint density at radius 2 is 2.15 bits per heavy atom. The Kier molecular flexibility index (Phi) is 6.36. The second-order valence-corrected chi connectivity index (χ2v) is 10.6. The molecule has 0 saturated carbocycles. The third-order valence-electron chi connectivity index (χ3n) is 6.11. The SMILES string of the molecule is COCCN(C(=O)CN1C(=O)N[C@](C)(c2cccc(-n3cnnn3)c2)C1=O)[C@H]1CCS(=O)(=O)C1. The Balaban J connectivity index is 1.54. The molecule has 3 heterocycles. The first-order valence-corrected chi connectivity index (χ1v) is 12.4. The van der Waals surface area contributed by atoms with Crippen LogP contribution in [0.2, 0.25) is 0 Å². The van der Waals surface area contributed by atoms with Crippen LogP contribution in [0.1, 0.15) is 18.9 Å². The highest BCUT2D eigenvalue weighted by atomic mass is 32.2. The Hall–Kier alpha value is -3.39. The first kappa shape index (κ1) is 23.8. The fourth-order valence-corrected chi connectivity index (χ4v) is 5.95. The summed E-state index contributed by atoms with van der Waals surface area (Å²) in [5, 5.41) is 13.7. The Bertz CT molecular complexity index is 1200. The number of carbonyl (C=O) groups is 3. The molecule has 0 radical (unpaired) electrons. The van der Waals surface area contributed by atoms with Gasteiger partial charge in [0.05, 0.1) is 23.8 Å². The summed E-state index contributed by atoms with van der Waals surface area (Å²) in [5.41, 5.74) is -0.324. The zero-order valence-corrected chi connectivity index (χ0v) is 19.6. The number of sulfone groups is 1. The van der Waals surface area contributed by atoms with Crippen LogP contribution in [0.25, 0.3) is 5.69 Å². The molecule has 2 atom stereocenters. The number of aromatic nitrogens is 4. The van der Waals surface area contributed by atoms with Gasteiger partial charge in [0.25, 0.3) is 5.91 Å². The van der Waals surface area contributed by atoms with Crippen molar-refractivity contribution in [3.05, 3.63) is 36.2 Å². The number of urea groups is 1. The molecule has 34 heavy (non-hydrogen) atoms. The number of imide groups is 1. The number of ether oxygens (including phenoxy) is 1. The van der Waals surface area contributed by atoms with Gasteiger partial charge in [-0.25, -0.2) is 17.9 Å². The zero-order valence-electron chi connectivity index (χ0n) is 18.7. The lowest BCUT2D eigenvalue weighted by Gasteiger charge is -2.29. The topological polar surface area (TPSA) is 157 Å². The molecule has 1 N–H and O–H groups in total. The quantitative estimate of drug-likeness (QED) is 0.462.